The summed E-state index contributed by atoms with van der Waals surface area (Å²) in [6, 6.07) is 6.48. The largest absolute Gasteiger partial charge is 0.384 e. The van der Waals surface area contributed by atoms with Crippen LogP contribution < -0.4 is 10.6 Å². The molecule has 4 nitrogen and oxygen atoms in total. The maximum Gasteiger partial charge on any atom is 0.228 e. The molecule has 0 radical (unpaired) electrons. The first-order valence-electron chi connectivity index (χ1n) is 6.89. The summed E-state index contributed by atoms with van der Waals surface area (Å²) in [6.07, 6.45) is 1.48. The SMILES string of the molecule is COCC1(C(=O)NCc2ccccc2F)CCNCC1. The molecule has 2 N–H and O–H groups in total. The Kier molecular flexibility index (Phi) is 5.09. The molecule has 1 amide bonds. The highest BCUT2D eigenvalue weighted by atomic mass is 19.1. The van der Waals surface area contributed by atoms with E-state index >= 15 is 0 Å². The van der Waals surface area contributed by atoms with Gasteiger partial charge in [0, 0.05) is 19.2 Å². The van der Waals surface area contributed by atoms with E-state index in [1.54, 1.807) is 25.3 Å². The predicted octanol–water partition coefficient (Wildman–Crippen LogP) is 1.46. The van der Waals surface area contributed by atoms with Crippen LogP contribution in [0.1, 0.15) is 18.4 Å². The van der Waals surface area contributed by atoms with Crippen molar-refractivity contribution in [1.29, 1.82) is 0 Å². The highest BCUT2D eigenvalue weighted by molar-refractivity contribution is 5.83. The molecule has 0 unspecified atom stereocenters. The minimum atomic E-state index is -0.495. The van der Waals surface area contributed by atoms with Crippen LogP contribution in [0.5, 0.6) is 0 Å². The minimum Gasteiger partial charge on any atom is -0.384 e. The molecule has 2 rings (SSSR count). The smallest absolute Gasteiger partial charge is 0.228 e. The molecule has 1 fully saturated rings. The van der Waals surface area contributed by atoms with Gasteiger partial charge in [0.2, 0.25) is 5.91 Å². The predicted molar refractivity (Wildman–Crippen MR) is 74.7 cm³/mol. The number of hydrogen-bond acceptors (Lipinski definition) is 3. The first-order chi connectivity index (χ1) is 9.68. The minimum absolute atomic E-state index is 0.0518. The van der Waals surface area contributed by atoms with Crippen LogP contribution >= 0.6 is 0 Å². The van der Waals surface area contributed by atoms with Crippen molar-refractivity contribution >= 4 is 5.91 Å². The molecule has 5 heteroatoms. The molecule has 0 spiro atoms. The van der Waals surface area contributed by atoms with E-state index in [9.17, 15) is 9.18 Å². The van der Waals surface area contributed by atoms with E-state index < -0.39 is 5.41 Å². The highest BCUT2D eigenvalue weighted by Crippen LogP contribution is 2.29. The van der Waals surface area contributed by atoms with E-state index in [1.165, 1.54) is 6.07 Å². The van der Waals surface area contributed by atoms with Crippen molar-refractivity contribution in [2.45, 2.75) is 19.4 Å². The molecular formula is C15H21FN2O2. The number of hydrogen-bond donors (Lipinski definition) is 2. The third-order valence-electron chi connectivity index (χ3n) is 3.86. The van der Waals surface area contributed by atoms with E-state index in [0.717, 1.165) is 25.9 Å². The average Bonchev–Trinajstić information content (AvgIpc) is 2.47. The first-order valence-corrected chi connectivity index (χ1v) is 6.89. The summed E-state index contributed by atoms with van der Waals surface area (Å²) in [5, 5.41) is 6.09. The van der Waals surface area contributed by atoms with Gasteiger partial charge in [0.15, 0.2) is 0 Å². The summed E-state index contributed by atoms with van der Waals surface area (Å²) in [5.74, 6) is -0.344. The summed E-state index contributed by atoms with van der Waals surface area (Å²) >= 11 is 0. The third-order valence-corrected chi connectivity index (χ3v) is 3.86. The molecular weight excluding hydrogens is 259 g/mol. The van der Waals surface area contributed by atoms with Crippen LogP contribution in [0.2, 0.25) is 0 Å². The van der Waals surface area contributed by atoms with Crippen LogP contribution in [0.4, 0.5) is 4.39 Å². The van der Waals surface area contributed by atoms with E-state index in [0.29, 0.717) is 12.2 Å². The fourth-order valence-electron chi connectivity index (χ4n) is 2.62. The van der Waals surface area contributed by atoms with Gasteiger partial charge in [0.25, 0.3) is 0 Å². The number of methoxy groups -OCH3 is 1. The Morgan fingerprint density at radius 1 is 1.40 bits per heavy atom. The van der Waals surface area contributed by atoms with Crippen LogP contribution in [-0.4, -0.2) is 32.7 Å². The lowest BCUT2D eigenvalue weighted by molar-refractivity contribution is -0.136. The maximum absolute atomic E-state index is 13.5. The summed E-state index contributed by atoms with van der Waals surface area (Å²) in [7, 11) is 1.61. The molecule has 0 aromatic heterocycles. The number of benzene rings is 1. The Balaban J connectivity index is 2.00. The van der Waals surface area contributed by atoms with Crippen molar-refractivity contribution in [2.75, 3.05) is 26.8 Å². The number of carbonyl (C=O) groups excluding carboxylic acids is 1. The monoisotopic (exact) mass is 280 g/mol. The van der Waals surface area contributed by atoms with Crippen LogP contribution in [0, 0.1) is 11.2 Å². The van der Waals surface area contributed by atoms with Crippen molar-refractivity contribution in [1.82, 2.24) is 10.6 Å². The molecule has 0 saturated carbocycles. The lowest BCUT2D eigenvalue weighted by Crippen LogP contribution is -2.50. The van der Waals surface area contributed by atoms with Crippen LogP contribution in [0.3, 0.4) is 0 Å². The molecule has 110 valence electrons. The fraction of sp³-hybridized carbons (Fsp3) is 0.533. The van der Waals surface area contributed by atoms with Gasteiger partial charge in [-0.1, -0.05) is 18.2 Å². The first kappa shape index (κ1) is 14.9. The molecule has 1 aromatic carbocycles. The van der Waals surface area contributed by atoms with Gasteiger partial charge < -0.3 is 15.4 Å². The van der Waals surface area contributed by atoms with Gasteiger partial charge in [0.05, 0.1) is 12.0 Å². The highest BCUT2D eigenvalue weighted by Gasteiger charge is 2.39. The zero-order valence-corrected chi connectivity index (χ0v) is 11.7. The van der Waals surface area contributed by atoms with E-state index in [4.69, 9.17) is 4.74 Å². The van der Waals surface area contributed by atoms with Crippen molar-refractivity contribution < 1.29 is 13.9 Å². The summed E-state index contributed by atoms with van der Waals surface area (Å²) < 4.78 is 18.8. The van der Waals surface area contributed by atoms with E-state index in [-0.39, 0.29) is 18.3 Å². The van der Waals surface area contributed by atoms with Gasteiger partial charge in [-0.2, -0.15) is 0 Å². The zero-order valence-electron chi connectivity index (χ0n) is 11.7. The van der Waals surface area contributed by atoms with Gasteiger partial charge in [-0.25, -0.2) is 4.39 Å². The Morgan fingerprint density at radius 2 is 2.10 bits per heavy atom. The van der Waals surface area contributed by atoms with Crippen molar-refractivity contribution in [2.24, 2.45) is 5.41 Å². The second kappa shape index (κ2) is 6.81. The van der Waals surface area contributed by atoms with Gasteiger partial charge in [-0.05, 0) is 32.0 Å². The summed E-state index contributed by atoms with van der Waals surface area (Å²) in [6.45, 7) is 2.22. The molecule has 1 aliphatic heterocycles. The topological polar surface area (TPSA) is 50.4 Å². The van der Waals surface area contributed by atoms with Gasteiger partial charge >= 0.3 is 0 Å². The molecule has 1 saturated heterocycles. The van der Waals surface area contributed by atoms with Crippen molar-refractivity contribution in [3.8, 4) is 0 Å². The molecule has 0 aliphatic carbocycles. The standard InChI is InChI=1S/C15H21FN2O2/c1-20-11-15(6-8-17-9-7-15)14(19)18-10-12-4-2-3-5-13(12)16/h2-5,17H,6-11H2,1H3,(H,18,19). The van der Waals surface area contributed by atoms with Crippen LogP contribution in [0.15, 0.2) is 24.3 Å². The summed E-state index contributed by atoms with van der Waals surface area (Å²) in [5.41, 5.74) is 0.00739. The summed E-state index contributed by atoms with van der Waals surface area (Å²) in [4.78, 5) is 12.5. The lowest BCUT2D eigenvalue weighted by atomic mass is 9.78. The van der Waals surface area contributed by atoms with E-state index in [2.05, 4.69) is 10.6 Å². The van der Waals surface area contributed by atoms with Gasteiger partial charge in [-0.15, -0.1) is 0 Å². The molecule has 1 heterocycles. The second-order valence-electron chi connectivity index (χ2n) is 5.24. The van der Waals surface area contributed by atoms with Crippen LogP contribution in [0.25, 0.3) is 0 Å². The Morgan fingerprint density at radius 3 is 2.75 bits per heavy atom. The molecule has 0 atom stereocenters. The molecule has 20 heavy (non-hydrogen) atoms. The number of ether oxygens (including phenoxy) is 1. The average molecular weight is 280 g/mol. The fourth-order valence-corrected chi connectivity index (χ4v) is 2.62. The van der Waals surface area contributed by atoms with E-state index in [1.807, 2.05) is 0 Å². The number of rotatable bonds is 5. The number of amides is 1. The normalized spacial score (nSPS) is 17.7. The molecule has 0 bridgehead atoms. The van der Waals surface area contributed by atoms with Crippen LogP contribution in [-0.2, 0) is 16.1 Å². The van der Waals surface area contributed by atoms with Gasteiger partial charge in [-0.3, -0.25) is 4.79 Å². The Labute approximate surface area is 118 Å². The van der Waals surface area contributed by atoms with Gasteiger partial charge in [0.1, 0.15) is 5.82 Å². The van der Waals surface area contributed by atoms with Crippen molar-refractivity contribution in [3.05, 3.63) is 35.6 Å². The quantitative estimate of drug-likeness (QED) is 0.858. The number of halogens is 1. The second-order valence-corrected chi connectivity index (χ2v) is 5.24. The molecule has 1 aromatic rings. The lowest BCUT2D eigenvalue weighted by Gasteiger charge is -2.35. The Bertz CT molecular complexity index is 453. The number of nitrogens with one attached hydrogen (secondary N) is 2. The Hall–Kier alpha value is -1.46. The zero-order chi connectivity index (χ0) is 14.4. The molecule has 1 aliphatic rings. The number of piperidine rings is 1. The van der Waals surface area contributed by atoms with Crippen molar-refractivity contribution in [3.63, 3.8) is 0 Å². The maximum atomic E-state index is 13.5. The number of carbonyl (C=O) groups is 1. The third kappa shape index (κ3) is 3.35.